The first kappa shape index (κ1) is 16.8. The van der Waals surface area contributed by atoms with Crippen LogP contribution < -0.4 is 0 Å². The van der Waals surface area contributed by atoms with Gasteiger partial charge in [0.2, 0.25) is 10.8 Å². The first-order valence-corrected chi connectivity index (χ1v) is 9.77. The van der Waals surface area contributed by atoms with Gasteiger partial charge in [-0.15, -0.1) is 5.10 Å². The van der Waals surface area contributed by atoms with Crippen molar-refractivity contribution < 1.29 is 5.11 Å². The zero-order chi connectivity index (χ0) is 17.6. The topological polar surface area (TPSA) is 53.7 Å². The molecule has 1 unspecified atom stereocenters. The fraction of sp³-hybridized carbons (Fsp3) is 0.444. The zero-order valence-corrected chi connectivity index (χ0v) is 15.9. The number of nitrogens with zero attached hydrogens (tertiary/aromatic N) is 4. The van der Waals surface area contributed by atoms with Crippen molar-refractivity contribution in [2.45, 2.75) is 32.7 Å². The first-order chi connectivity index (χ1) is 12.0. The van der Waals surface area contributed by atoms with E-state index in [1.807, 2.05) is 25.1 Å². The van der Waals surface area contributed by atoms with Crippen molar-refractivity contribution in [1.82, 2.24) is 19.5 Å². The van der Waals surface area contributed by atoms with Crippen LogP contribution in [0.3, 0.4) is 0 Å². The van der Waals surface area contributed by atoms with Crippen molar-refractivity contribution in [3.63, 3.8) is 0 Å². The van der Waals surface area contributed by atoms with E-state index in [9.17, 15) is 5.11 Å². The van der Waals surface area contributed by atoms with E-state index in [0.29, 0.717) is 10.8 Å². The van der Waals surface area contributed by atoms with Crippen LogP contribution >= 0.6 is 22.9 Å². The van der Waals surface area contributed by atoms with Crippen LogP contribution in [0.1, 0.15) is 42.1 Å². The standard InChI is InChI=1S/C18H21ClN4OS/c1-11-6-8-22(9-7-11)15(13-4-3-5-14(19)10-13)16-17(24)23-18(25-16)20-12(2)21-23/h3-5,10-11,15,24H,6-9H2,1-2H3. The van der Waals surface area contributed by atoms with Gasteiger partial charge in [-0.3, -0.25) is 4.90 Å². The van der Waals surface area contributed by atoms with Crippen LogP contribution in [0.4, 0.5) is 0 Å². The third-order valence-corrected chi connectivity index (χ3v) is 6.21. The number of piperidine rings is 1. The molecule has 0 bridgehead atoms. The molecule has 0 amide bonds. The van der Waals surface area contributed by atoms with E-state index in [2.05, 4.69) is 28.0 Å². The lowest BCUT2D eigenvalue weighted by Crippen LogP contribution is -2.36. The fourth-order valence-corrected chi connectivity index (χ4v) is 4.88. The Morgan fingerprint density at radius 1 is 1.32 bits per heavy atom. The minimum atomic E-state index is -0.0278. The molecule has 4 rings (SSSR count). The van der Waals surface area contributed by atoms with Crippen LogP contribution in [0.5, 0.6) is 5.88 Å². The molecule has 3 heterocycles. The van der Waals surface area contributed by atoms with Gasteiger partial charge >= 0.3 is 0 Å². The maximum absolute atomic E-state index is 10.8. The molecule has 1 saturated heterocycles. The van der Waals surface area contributed by atoms with Crippen molar-refractivity contribution in [3.05, 3.63) is 45.6 Å². The number of rotatable bonds is 3. The lowest BCUT2D eigenvalue weighted by Gasteiger charge is -2.36. The van der Waals surface area contributed by atoms with Gasteiger partial charge in [-0.05, 0) is 56.5 Å². The van der Waals surface area contributed by atoms with Gasteiger partial charge in [-0.1, -0.05) is 42.0 Å². The van der Waals surface area contributed by atoms with Gasteiger partial charge in [0.15, 0.2) is 0 Å². The van der Waals surface area contributed by atoms with Crippen molar-refractivity contribution in [2.24, 2.45) is 5.92 Å². The van der Waals surface area contributed by atoms with Gasteiger partial charge in [0.25, 0.3) is 0 Å². The van der Waals surface area contributed by atoms with E-state index in [4.69, 9.17) is 11.6 Å². The molecular formula is C18H21ClN4OS. The van der Waals surface area contributed by atoms with Crippen LogP contribution in [0.25, 0.3) is 4.96 Å². The highest BCUT2D eigenvalue weighted by molar-refractivity contribution is 7.17. The van der Waals surface area contributed by atoms with Gasteiger partial charge in [0, 0.05) is 5.02 Å². The molecule has 0 radical (unpaired) electrons. The van der Waals surface area contributed by atoms with Gasteiger partial charge in [-0.25, -0.2) is 4.98 Å². The number of hydrogen-bond donors (Lipinski definition) is 1. The van der Waals surface area contributed by atoms with Crippen LogP contribution in [-0.4, -0.2) is 37.7 Å². The Morgan fingerprint density at radius 2 is 2.08 bits per heavy atom. The normalized spacial score (nSPS) is 18.0. The monoisotopic (exact) mass is 376 g/mol. The van der Waals surface area contributed by atoms with E-state index >= 15 is 0 Å². The highest BCUT2D eigenvalue weighted by atomic mass is 35.5. The third kappa shape index (κ3) is 3.14. The average Bonchev–Trinajstić information content (AvgIpc) is 3.08. The summed E-state index contributed by atoms with van der Waals surface area (Å²) >= 11 is 7.75. The number of halogens is 1. The van der Waals surface area contributed by atoms with Crippen molar-refractivity contribution in [3.8, 4) is 5.88 Å². The summed E-state index contributed by atoms with van der Waals surface area (Å²) in [5.74, 6) is 1.60. The predicted octanol–water partition coefficient (Wildman–Crippen LogP) is 4.28. The van der Waals surface area contributed by atoms with E-state index in [1.165, 1.54) is 11.3 Å². The summed E-state index contributed by atoms with van der Waals surface area (Å²) in [5, 5.41) is 15.8. The Morgan fingerprint density at radius 3 is 2.76 bits per heavy atom. The third-order valence-electron chi connectivity index (χ3n) is 4.90. The van der Waals surface area contributed by atoms with E-state index in [1.54, 1.807) is 4.52 Å². The fourth-order valence-electron chi connectivity index (χ4n) is 3.52. The Bertz CT molecular complexity index is 898. The molecule has 1 N–H and O–H groups in total. The van der Waals surface area contributed by atoms with E-state index < -0.39 is 0 Å². The molecule has 0 spiro atoms. The maximum Gasteiger partial charge on any atom is 0.230 e. The largest absolute Gasteiger partial charge is 0.492 e. The Labute approximate surface area is 155 Å². The summed E-state index contributed by atoms with van der Waals surface area (Å²) < 4.78 is 1.54. The van der Waals surface area contributed by atoms with Gasteiger partial charge < -0.3 is 5.11 Å². The van der Waals surface area contributed by atoms with E-state index in [-0.39, 0.29) is 11.9 Å². The summed E-state index contributed by atoms with van der Waals surface area (Å²) in [7, 11) is 0. The summed E-state index contributed by atoms with van der Waals surface area (Å²) in [5.41, 5.74) is 1.10. The molecule has 132 valence electrons. The Balaban J connectivity index is 1.81. The smallest absolute Gasteiger partial charge is 0.230 e. The number of benzene rings is 1. The number of aromatic hydroxyl groups is 1. The van der Waals surface area contributed by atoms with Crippen LogP contribution in [-0.2, 0) is 0 Å². The molecule has 5 nitrogen and oxygen atoms in total. The molecule has 1 aromatic carbocycles. The van der Waals surface area contributed by atoms with E-state index in [0.717, 1.165) is 47.3 Å². The molecule has 1 atom stereocenters. The lowest BCUT2D eigenvalue weighted by molar-refractivity contribution is 0.157. The number of aryl methyl sites for hydroxylation is 1. The molecule has 3 aromatic rings. The van der Waals surface area contributed by atoms with Gasteiger partial charge in [0.1, 0.15) is 5.82 Å². The predicted molar refractivity (Wildman–Crippen MR) is 101 cm³/mol. The molecule has 7 heteroatoms. The second kappa shape index (κ2) is 6.59. The maximum atomic E-state index is 10.8. The number of thiazole rings is 1. The van der Waals surface area contributed by atoms with Gasteiger partial charge in [0.05, 0.1) is 10.9 Å². The molecule has 25 heavy (non-hydrogen) atoms. The number of hydrogen-bond acceptors (Lipinski definition) is 5. The summed E-state index contributed by atoms with van der Waals surface area (Å²) in [6.07, 6.45) is 2.33. The Kier molecular flexibility index (Phi) is 4.43. The zero-order valence-electron chi connectivity index (χ0n) is 14.3. The molecule has 0 aliphatic carbocycles. The molecular weight excluding hydrogens is 356 g/mol. The molecule has 1 aliphatic rings. The second-order valence-electron chi connectivity index (χ2n) is 6.82. The van der Waals surface area contributed by atoms with Crippen molar-refractivity contribution >= 4 is 27.9 Å². The molecule has 1 fully saturated rings. The number of aromatic nitrogens is 3. The SMILES string of the molecule is Cc1nc2sc(C(c3cccc(Cl)c3)N3CCC(C)CC3)c(O)n2n1. The average molecular weight is 377 g/mol. The summed E-state index contributed by atoms with van der Waals surface area (Å²) in [6.45, 7) is 6.14. The van der Waals surface area contributed by atoms with Crippen molar-refractivity contribution in [1.29, 1.82) is 0 Å². The molecule has 0 saturated carbocycles. The first-order valence-electron chi connectivity index (χ1n) is 8.57. The van der Waals surface area contributed by atoms with Crippen molar-refractivity contribution in [2.75, 3.05) is 13.1 Å². The molecule has 1 aliphatic heterocycles. The lowest BCUT2D eigenvalue weighted by atomic mass is 9.95. The summed E-state index contributed by atoms with van der Waals surface area (Å²) in [4.78, 5) is 8.45. The highest BCUT2D eigenvalue weighted by Crippen LogP contribution is 2.41. The number of likely N-dealkylation sites (tertiary alicyclic amines) is 1. The molecule has 2 aromatic heterocycles. The minimum Gasteiger partial charge on any atom is -0.492 e. The quantitative estimate of drug-likeness (QED) is 0.741. The van der Waals surface area contributed by atoms with Crippen LogP contribution in [0.15, 0.2) is 24.3 Å². The number of fused-ring (bicyclic) bond motifs is 1. The Hall–Kier alpha value is -1.63. The van der Waals surface area contributed by atoms with Crippen LogP contribution in [0, 0.1) is 12.8 Å². The van der Waals surface area contributed by atoms with Crippen LogP contribution in [0.2, 0.25) is 5.02 Å². The van der Waals surface area contributed by atoms with Gasteiger partial charge in [-0.2, -0.15) is 4.52 Å². The summed E-state index contributed by atoms with van der Waals surface area (Å²) in [6, 6.07) is 7.89. The minimum absolute atomic E-state index is 0.0278. The second-order valence-corrected chi connectivity index (χ2v) is 8.26. The highest BCUT2D eigenvalue weighted by Gasteiger charge is 2.31.